The van der Waals surface area contributed by atoms with E-state index < -0.39 is 0 Å². The number of amides is 3. The maximum absolute atomic E-state index is 12.1. The fourth-order valence-electron chi connectivity index (χ4n) is 2.76. The van der Waals surface area contributed by atoms with Crippen LogP contribution in [0.5, 0.6) is 0 Å². The van der Waals surface area contributed by atoms with Crippen LogP contribution in [0, 0.1) is 0 Å². The molecule has 1 aliphatic rings. The van der Waals surface area contributed by atoms with E-state index in [-0.39, 0.29) is 11.9 Å². The van der Waals surface area contributed by atoms with Crippen molar-refractivity contribution in [1.29, 1.82) is 0 Å². The number of nitrogens with one attached hydrogen (secondary N) is 1. The average Bonchev–Trinajstić information content (AvgIpc) is 3.07. The molecule has 1 N–H and O–H groups in total. The molecule has 1 aromatic heterocycles. The van der Waals surface area contributed by atoms with Crippen LogP contribution in [-0.4, -0.2) is 57.9 Å². The van der Waals surface area contributed by atoms with Gasteiger partial charge in [-0.15, -0.1) is 11.8 Å². The molecule has 26 heavy (non-hydrogen) atoms. The summed E-state index contributed by atoms with van der Waals surface area (Å²) in [7, 11) is 3.51. The number of nitrogens with zero attached hydrogens (tertiary/aromatic N) is 4. The van der Waals surface area contributed by atoms with Crippen molar-refractivity contribution in [1.82, 2.24) is 24.9 Å². The number of hydrogen-bond donors (Lipinski definition) is 1. The fourth-order valence-corrected chi connectivity index (χ4v) is 3.51. The molecule has 0 radical (unpaired) electrons. The van der Waals surface area contributed by atoms with Crippen LogP contribution in [0.1, 0.15) is 11.4 Å². The van der Waals surface area contributed by atoms with Crippen molar-refractivity contribution >= 4 is 23.7 Å². The highest BCUT2D eigenvalue weighted by atomic mass is 32.2. The molecule has 3 rings (SSSR count). The molecule has 7 nitrogen and oxygen atoms in total. The predicted octanol–water partition coefficient (Wildman–Crippen LogP) is 1.79. The van der Waals surface area contributed by atoms with Gasteiger partial charge in [0.25, 0.3) is 0 Å². The summed E-state index contributed by atoms with van der Waals surface area (Å²) in [6.45, 7) is 2.26. The van der Waals surface area contributed by atoms with Crippen molar-refractivity contribution in [3.8, 4) is 0 Å². The smallest absolute Gasteiger partial charge is 0.319 e. The number of fused-ring (bicyclic) bond motifs is 1. The van der Waals surface area contributed by atoms with Crippen LogP contribution in [0.15, 0.2) is 41.3 Å². The first-order chi connectivity index (χ1) is 12.5. The molecule has 3 amide bonds. The third-order valence-electron chi connectivity index (χ3n) is 4.08. The van der Waals surface area contributed by atoms with Crippen LogP contribution in [0.4, 0.5) is 4.79 Å². The number of urea groups is 1. The first-order valence-electron chi connectivity index (χ1n) is 8.49. The van der Waals surface area contributed by atoms with Gasteiger partial charge in [-0.1, -0.05) is 18.2 Å². The Labute approximate surface area is 157 Å². The summed E-state index contributed by atoms with van der Waals surface area (Å²) in [5, 5.41) is 7.43. The highest BCUT2D eigenvalue weighted by molar-refractivity contribution is 8.00. The summed E-state index contributed by atoms with van der Waals surface area (Å²) in [5.74, 6) is 0.358. The normalized spacial score (nSPS) is 13.2. The molecule has 0 unspecified atom stereocenters. The Morgan fingerprint density at radius 3 is 2.73 bits per heavy atom. The van der Waals surface area contributed by atoms with Gasteiger partial charge in [-0.2, -0.15) is 5.10 Å². The number of carbonyl (C=O) groups is 2. The lowest BCUT2D eigenvalue weighted by atomic mass is 10.3. The van der Waals surface area contributed by atoms with Crippen molar-refractivity contribution in [2.75, 3.05) is 26.4 Å². The number of aromatic nitrogens is 2. The van der Waals surface area contributed by atoms with Crippen LogP contribution in [0.3, 0.4) is 0 Å². The van der Waals surface area contributed by atoms with Gasteiger partial charge in [-0.25, -0.2) is 4.79 Å². The van der Waals surface area contributed by atoms with Crippen LogP contribution in [0.25, 0.3) is 0 Å². The molecule has 2 heterocycles. The van der Waals surface area contributed by atoms with E-state index in [9.17, 15) is 9.59 Å². The Morgan fingerprint density at radius 1 is 1.23 bits per heavy atom. The lowest BCUT2D eigenvalue weighted by molar-refractivity contribution is -0.118. The second-order valence-electron chi connectivity index (χ2n) is 6.33. The van der Waals surface area contributed by atoms with Crippen molar-refractivity contribution in [3.05, 3.63) is 47.8 Å². The van der Waals surface area contributed by atoms with E-state index in [0.29, 0.717) is 31.9 Å². The molecule has 1 aromatic carbocycles. The molecule has 2 aromatic rings. The van der Waals surface area contributed by atoms with Crippen LogP contribution < -0.4 is 5.32 Å². The third kappa shape index (κ3) is 4.57. The van der Waals surface area contributed by atoms with Crippen LogP contribution in [-0.2, 0) is 24.4 Å². The highest BCUT2D eigenvalue weighted by Gasteiger charge is 2.23. The molecule has 138 valence electrons. The van der Waals surface area contributed by atoms with Gasteiger partial charge in [-0.3, -0.25) is 9.48 Å². The maximum atomic E-state index is 12.1. The van der Waals surface area contributed by atoms with Gasteiger partial charge < -0.3 is 15.1 Å². The standard InChI is InChI=1S/C18H23N5O2S/c1-21(2)18(25)22-8-9-23-15(12-22)10-14(20-23)11-19-17(24)13-26-16-6-4-3-5-7-16/h3-7,10H,8-9,11-13H2,1-2H3,(H,19,24). The zero-order valence-corrected chi connectivity index (χ0v) is 15.8. The second kappa shape index (κ2) is 8.27. The van der Waals surface area contributed by atoms with Crippen molar-refractivity contribution in [2.24, 2.45) is 0 Å². The molecule has 8 heteroatoms. The van der Waals surface area contributed by atoms with E-state index in [1.807, 2.05) is 41.1 Å². The summed E-state index contributed by atoms with van der Waals surface area (Å²) in [5.41, 5.74) is 1.81. The van der Waals surface area contributed by atoms with Crippen LogP contribution in [0.2, 0.25) is 0 Å². The van der Waals surface area contributed by atoms with E-state index in [1.165, 1.54) is 11.8 Å². The summed E-state index contributed by atoms with van der Waals surface area (Å²) >= 11 is 1.51. The van der Waals surface area contributed by atoms with Crippen LogP contribution >= 0.6 is 11.8 Å². The molecule has 0 bridgehead atoms. The zero-order valence-electron chi connectivity index (χ0n) is 15.0. The summed E-state index contributed by atoms with van der Waals surface area (Å²) in [6.07, 6.45) is 0. The van der Waals surface area contributed by atoms with Gasteiger partial charge in [0.2, 0.25) is 5.91 Å². The van der Waals surface area contributed by atoms with E-state index >= 15 is 0 Å². The summed E-state index contributed by atoms with van der Waals surface area (Å²) in [6, 6.07) is 11.8. The minimum absolute atomic E-state index is 0.00485. The summed E-state index contributed by atoms with van der Waals surface area (Å²) < 4.78 is 1.92. The largest absolute Gasteiger partial charge is 0.350 e. The Hall–Kier alpha value is -2.48. The first kappa shape index (κ1) is 18.3. The number of carbonyl (C=O) groups excluding carboxylic acids is 2. The topological polar surface area (TPSA) is 70.5 Å². The number of rotatable bonds is 5. The van der Waals surface area contributed by atoms with Gasteiger partial charge in [-0.05, 0) is 18.2 Å². The van der Waals surface area contributed by atoms with Crippen molar-refractivity contribution in [2.45, 2.75) is 24.5 Å². The Morgan fingerprint density at radius 2 is 2.00 bits per heavy atom. The number of hydrogen-bond acceptors (Lipinski definition) is 4. The Balaban J connectivity index is 1.49. The molecule has 0 atom stereocenters. The van der Waals surface area contributed by atoms with E-state index in [2.05, 4.69) is 10.4 Å². The lowest BCUT2D eigenvalue weighted by Crippen LogP contribution is -2.43. The fraction of sp³-hybridized carbons (Fsp3) is 0.389. The lowest BCUT2D eigenvalue weighted by Gasteiger charge is -2.29. The molecule has 0 fully saturated rings. The van der Waals surface area contributed by atoms with Crippen molar-refractivity contribution in [3.63, 3.8) is 0 Å². The SMILES string of the molecule is CN(C)C(=O)N1CCn2nc(CNC(=O)CSc3ccccc3)cc2C1. The monoisotopic (exact) mass is 373 g/mol. The van der Waals surface area contributed by atoms with Gasteiger partial charge in [0.05, 0.1) is 36.8 Å². The molecule has 0 spiro atoms. The predicted molar refractivity (Wildman–Crippen MR) is 101 cm³/mol. The molecule has 0 saturated heterocycles. The number of benzene rings is 1. The summed E-state index contributed by atoms with van der Waals surface area (Å²) in [4.78, 5) is 28.6. The van der Waals surface area contributed by atoms with Gasteiger partial charge >= 0.3 is 6.03 Å². The first-order valence-corrected chi connectivity index (χ1v) is 9.48. The van der Waals surface area contributed by atoms with E-state index in [4.69, 9.17) is 0 Å². The Kier molecular flexibility index (Phi) is 5.82. The van der Waals surface area contributed by atoms with Gasteiger partial charge in [0.15, 0.2) is 0 Å². The van der Waals surface area contributed by atoms with E-state index in [1.54, 1.807) is 23.9 Å². The Bertz CT molecular complexity index is 775. The molecule has 1 aliphatic heterocycles. The van der Waals surface area contributed by atoms with E-state index in [0.717, 1.165) is 16.3 Å². The van der Waals surface area contributed by atoms with Gasteiger partial charge in [0.1, 0.15) is 0 Å². The zero-order chi connectivity index (χ0) is 18.5. The quantitative estimate of drug-likeness (QED) is 0.811. The van der Waals surface area contributed by atoms with Gasteiger partial charge in [0, 0.05) is 25.5 Å². The molecular formula is C18H23N5O2S. The molecule has 0 aliphatic carbocycles. The molecular weight excluding hydrogens is 350 g/mol. The average molecular weight is 373 g/mol. The van der Waals surface area contributed by atoms with Crippen molar-refractivity contribution < 1.29 is 9.59 Å². The maximum Gasteiger partial charge on any atom is 0.319 e. The second-order valence-corrected chi connectivity index (χ2v) is 7.38. The minimum atomic E-state index is -0.0192. The molecule has 0 saturated carbocycles. The third-order valence-corrected chi connectivity index (χ3v) is 5.09. The minimum Gasteiger partial charge on any atom is -0.350 e. The highest BCUT2D eigenvalue weighted by Crippen LogP contribution is 2.17. The number of thioether (sulfide) groups is 1.